The summed E-state index contributed by atoms with van der Waals surface area (Å²) in [4.78, 5) is 5.05. The fourth-order valence-electron chi connectivity index (χ4n) is 1.91. The van der Waals surface area contributed by atoms with Gasteiger partial charge in [-0.15, -0.1) is 0 Å². The Kier molecular flexibility index (Phi) is 4.10. The smallest absolute Gasteiger partial charge is 0.109 e. The zero-order chi connectivity index (χ0) is 13.3. The molecule has 0 aliphatic rings. The molecule has 3 nitrogen and oxygen atoms in total. The number of hydrogen-bond donors (Lipinski definition) is 1. The molecule has 0 fully saturated rings. The maximum absolute atomic E-state index is 6.05. The highest BCUT2D eigenvalue weighted by Crippen LogP contribution is 2.28. The number of imidazole rings is 1. The van der Waals surface area contributed by atoms with Crippen LogP contribution < -0.4 is 5.73 Å². The second-order valence-electron chi connectivity index (χ2n) is 4.00. The predicted molar refractivity (Wildman–Crippen MR) is 80.5 cm³/mol. The first kappa shape index (κ1) is 13.6. The molecular formula is C12H13Cl2N3S. The molecule has 0 unspecified atom stereocenters. The van der Waals surface area contributed by atoms with Crippen molar-refractivity contribution in [3.05, 3.63) is 28.0 Å². The summed E-state index contributed by atoms with van der Waals surface area (Å²) >= 11 is 17.0. The highest BCUT2D eigenvalue weighted by atomic mass is 35.5. The van der Waals surface area contributed by atoms with Crippen LogP contribution in [0.3, 0.4) is 0 Å². The minimum atomic E-state index is 0.499. The maximum Gasteiger partial charge on any atom is 0.109 e. The number of rotatable bonds is 4. The van der Waals surface area contributed by atoms with E-state index in [1.807, 2.05) is 6.07 Å². The quantitative estimate of drug-likeness (QED) is 0.878. The molecule has 0 saturated carbocycles. The van der Waals surface area contributed by atoms with Crippen LogP contribution in [0.2, 0.25) is 10.0 Å². The number of benzene rings is 1. The molecule has 1 aromatic heterocycles. The van der Waals surface area contributed by atoms with Gasteiger partial charge in [-0.3, -0.25) is 0 Å². The fraction of sp³-hybridized carbons (Fsp3) is 0.333. The molecule has 96 valence electrons. The minimum Gasteiger partial charge on any atom is -0.393 e. The molecule has 0 bridgehead atoms. The van der Waals surface area contributed by atoms with Gasteiger partial charge in [0.1, 0.15) is 5.82 Å². The number of aryl methyl sites for hydroxylation is 2. The summed E-state index contributed by atoms with van der Waals surface area (Å²) < 4.78 is 2.09. The van der Waals surface area contributed by atoms with Crippen molar-refractivity contribution in [3.63, 3.8) is 0 Å². The zero-order valence-electron chi connectivity index (χ0n) is 9.91. The molecular weight excluding hydrogens is 289 g/mol. The Balaban J connectivity index is 2.53. The van der Waals surface area contributed by atoms with Gasteiger partial charge in [0, 0.05) is 19.4 Å². The summed E-state index contributed by atoms with van der Waals surface area (Å²) in [6.07, 6.45) is 1.48. The molecule has 18 heavy (non-hydrogen) atoms. The molecule has 0 aliphatic carbocycles. The van der Waals surface area contributed by atoms with E-state index in [0.717, 1.165) is 23.3 Å². The molecule has 0 spiro atoms. The number of nitrogens with two attached hydrogens (primary N) is 1. The SMILES string of the molecule is CCc1nc2cc(Cl)c(Cl)cc2n1CCC(N)=S. The number of halogens is 2. The Morgan fingerprint density at radius 2 is 2.06 bits per heavy atom. The van der Waals surface area contributed by atoms with Gasteiger partial charge in [0.2, 0.25) is 0 Å². The highest BCUT2D eigenvalue weighted by molar-refractivity contribution is 7.80. The Labute approximate surface area is 121 Å². The van der Waals surface area contributed by atoms with Crippen molar-refractivity contribution in [1.82, 2.24) is 9.55 Å². The molecule has 0 atom stereocenters. The molecule has 2 aromatic rings. The van der Waals surface area contributed by atoms with Crippen molar-refractivity contribution in [2.24, 2.45) is 5.73 Å². The lowest BCUT2D eigenvalue weighted by Gasteiger charge is -2.07. The van der Waals surface area contributed by atoms with Crippen molar-refractivity contribution >= 4 is 51.4 Å². The summed E-state index contributed by atoms with van der Waals surface area (Å²) in [6, 6.07) is 3.63. The third-order valence-electron chi connectivity index (χ3n) is 2.77. The summed E-state index contributed by atoms with van der Waals surface area (Å²) in [5.74, 6) is 0.986. The summed E-state index contributed by atoms with van der Waals surface area (Å²) in [5, 5.41) is 1.05. The van der Waals surface area contributed by atoms with E-state index in [4.69, 9.17) is 41.2 Å². The molecule has 0 amide bonds. The molecule has 0 saturated heterocycles. The molecule has 6 heteroatoms. The first-order valence-corrected chi connectivity index (χ1v) is 6.81. The third-order valence-corrected chi connectivity index (χ3v) is 3.69. The third kappa shape index (κ3) is 2.60. The molecule has 0 aliphatic heterocycles. The van der Waals surface area contributed by atoms with Crippen LogP contribution in [0, 0.1) is 0 Å². The van der Waals surface area contributed by atoms with Crippen molar-refractivity contribution in [2.75, 3.05) is 0 Å². The summed E-state index contributed by atoms with van der Waals surface area (Å²) in [5.41, 5.74) is 7.37. The monoisotopic (exact) mass is 301 g/mol. The van der Waals surface area contributed by atoms with Gasteiger partial charge in [0.05, 0.1) is 26.1 Å². The normalized spacial score (nSPS) is 11.1. The number of fused-ring (bicyclic) bond motifs is 1. The number of aromatic nitrogens is 2. The lowest BCUT2D eigenvalue weighted by atomic mass is 10.3. The van der Waals surface area contributed by atoms with Gasteiger partial charge in [-0.05, 0) is 12.1 Å². The number of thiocarbonyl (C=S) groups is 1. The van der Waals surface area contributed by atoms with Crippen LogP contribution in [-0.2, 0) is 13.0 Å². The van der Waals surface area contributed by atoms with E-state index < -0.39 is 0 Å². The first-order chi connectivity index (χ1) is 8.52. The van der Waals surface area contributed by atoms with Gasteiger partial charge >= 0.3 is 0 Å². The highest BCUT2D eigenvalue weighted by Gasteiger charge is 2.11. The summed E-state index contributed by atoms with van der Waals surface area (Å²) in [7, 11) is 0. The van der Waals surface area contributed by atoms with Crippen LogP contribution in [0.5, 0.6) is 0 Å². The van der Waals surface area contributed by atoms with E-state index in [1.54, 1.807) is 6.07 Å². The first-order valence-electron chi connectivity index (χ1n) is 5.65. The van der Waals surface area contributed by atoms with Crippen LogP contribution in [0.25, 0.3) is 11.0 Å². The second-order valence-corrected chi connectivity index (χ2v) is 5.34. The van der Waals surface area contributed by atoms with E-state index in [0.29, 0.717) is 28.0 Å². The van der Waals surface area contributed by atoms with Crippen molar-refractivity contribution < 1.29 is 0 Å². The topological polar surface area (TPSA) is 43.8 Å². The van der Waals surface area contributed by atoms with Gasteiger partial charge in [-0.2, -0.15) is 0 Å². The molecule has 1 aromatic carbocycles. The van der Waals surface area contributed by atoms with Gasteiger partial charge in [-0.25, -0.2) is 4.98 Å². The average molecular weight is 302 g/mol. The number of hydrogen-bond acceptors (Lipinski definition) is 2. The van der Waals surface area contributed by atoms with Crippen LogP contribution in [0.15, 0.2) is 12.1 Å². The van der Waals surface area contributed by atoms with Crippen LogP contribution in [-0.4, -0.2) is 14.5 Å². The van der Waals surface area contributed by atoms with Gasteiger partial charge in [0.15, 0.2) is 0 Å². The molecule has 1 heterocycles. The van der Waals surface area contributed by atoms with Crippen LogP contribution in [0.4, 0.5) is 0 Å². The predicted octanol–water partition coefficient (Wildman–Crippen LogP) is 3.58. The largest absolute Gasteiger partial charge is 0.393 e. The van der Waals surface area contributed by atoms with Crippen molar-refractivity contribution in [1.29, 1.82) is 0 Å². The number of nitrogens with zero attached hydrogens (tertiary/aromatic N) is 2. The Bertz CT molecular complexity index is 607. The van der Waals surface area contributed by atoms with E-state index >= 15 is 0 Å². The Hall–Kier alpha value is -0.840. The average Bonchev–Trinajstić information content (AvgIpc) is 2.64. The van der Waals surface area contributed by atoms with Crippen molar-refractivity contribution in [2.45, 2.75) is 26.3 Å². The Morgan fingerprint density at radius 1 is 1.39 bits per heavy atom. The Morgan fingerprint density at radius 3 is 2.67 bits per heavy atom. The standard InChI is InChI=1S/C12H13Cl2N3S/c1-2-12-16-9-5-7(13)8(14)6-10(9)17(12)4-3-11(15)18/h5-6H,2-4H2,1H3,(H2,15,18). The maximum atomic E-state index is 6.05. The molecule has 0 radical (unpaired) electrons. The minimum absolute atomic E-state index is 0.499. The van der Waals surface area contributed by atoms with E-state index in [9.17, 15) is 0 Å². The van der Waals surface area contributed by atoms with E-state index in [1.165, 1.54) is 0 Å². The molecule has 2 N–H and O–H groups in total. The van der Waals surface area contributed by atoms with Crippen LogP contribution >= 0.6 is 35.4 Å². The van der Waals surface area contributed by atoms with Crippen LogP contribution in [0.1, 0.15) is 19.2 Å². The van der Waals surface area contributed by atoms with Gasteiger partial charge < -0.3 is 10.3 Å². The van der Waals surface area contributed by atoms with Gasteiger partial charge in [0.25, 0.3) is 0 Å². The van der Waals surface area contributed by atoms with Crippen molar-refractivity contribution in [3.8, 4) is 0 Å². The fourth-order valence-corrected chi connectivity index (χ4v) is 2.32. The zero-order valence-corrected chi connectivity index (χ0v) is 12.2. The lowest BCUT2D eigenvalue weighted by Crippen LogP contribution is -2.13. The van der Waals surface area contributed by atoms with E-state index in [2.05, 4.69) is 16.5 Å². The van der Waals surface area contributed by atoms with E-state index in [-0.39, 0.29) is 0 Å². The summed E-state index contributed by atoms with van der Waals surface area (Å²) in [6.45, 7) is 2.77. The second kappa shape index (κ2) is 5.43. The molecule has 2 rings (SSSR count). The van der Waals surface area contributed by atoms with Gasteiger partial charge in [-0.1, -0.05) is 42.3 Å². The lowest BCUT2D eigenvalue weighted by molar-refractivity contribution is 0.698.